The van der Waals surface area contributed by atoms with Crippen LogP contribution in [0.2, 0.25) is 0 Å². The smallest absolute Gasteiger partial charge is 0.475 e. The molecule has 2 amide bonds. The quantitative estimate of drug-likeness (QED) is 0.341. The number of aliphatic carboxylic acids is 1. The molecule has 0 aliphatic carbocycles. The molecule has 2 aromatic carbocycles. The number of hydrogen-bond acceptors (Lipinski definition) is 6. The van der Waals surface area contributed by atoms with Gasteiger partial charge in [0.1, 0.15) is 0 Å². The highest BCUT2D eigenvalue weighted by atomic mass is 19.4. The molecule has 1 saturated heterocycles. The van der Waals surface area contributed by atoms with Crippen LogP contribution in [0.25, 0.3) is 11.0 Å². The summed E-state index contributed by atoms with van der Waals surface area (Å²) in [5.41, 5.74) is 1.10. The number of H-pyrrole nitrogens is 1. The molecule has 3 heterocycles. The first-order chi connectivity index (χ1) is 17.8. The number of carboxylic acid groups (broad SMARTS) is 2. The zero-order chi connectivity index (χ0) is 27.8. The summed E-state index contributed by atoms with van der Waals surface area (Å²) in [7, 11) is 1.40. The van der Waals surface area contributed by atoms with Crippen molar-refractivity contribution in [3.05, 3.63) is 59.2 Å². The maximum atomic E-state index is 13.3. The lowest BCUT2D eigenvalue weighted by Gasteiger charge is -2.36. The standard InChI is InChI=1S/C22H23N5O4.C2HF3O2/c1-26(21(29)30)20-24-17-7-6-14(10-18(17)25-20)22(31)16-5-3-2-4-15(16)19(28)27(22)12-13-8-9-23-11-13;3-2(4,5)1(6)7/h2-7,10,13,23,31H,8-9,11-12H2,1H3,(H,24,25)(H,29,30);(H,6,7). The van der Waals surface area contributed by atoms with E-state index in [0.717, 1.165) is 24.4 Å². The highest BCUT2D eigenvalue weighted by Crippen LogP contribution is 2.43. The van der Waals surface area contributed by atoms with E-state index in [1.54, 1.807) is 41.3 Å². The summed E-state index contributed by atoms with van der Waals surface area (Å²) in [6.45, 7) is 2.14. The summed E-state index contributed by atoms with van der Waals surface area (Å²) < 4.78 is 31.7. The highest BCUT2D eigenvalue weighted by molar-refractivity contribution is 6.00. The van der Waals surface area contributed by atoms with Crippen molar-refractivity contribution in [2.24, 2.45) is 5.92 Å². The number of imidazole rings is 1. The molecule has 2 aliphatic heterocycles. The number of anilines is 1. The van der Waals surface area contributed by atoms with Crippen molar-refractivity contribution in [3.8, 4) is 0 Å². The molecule has 0 spiro atoms. The normalized spacial score (nSPS) is 20.7. The third kappa shape index (κ3) is 4.87. The summed E-state index contributed by atoms with van der Waals surface area (Å²) in [6, 6.07) is 12.3. The molecule has 1 fully saturated rings. The van der Waals surface area contributed by atoms with Crippen molar-refractivity contribution in [3.63, 3.8) is 0 Å². The number of fused-ring (bicyclic) bond motifs is 2. The minimum Gasteiger partial charge on any atom is -0.475 e. The highest BCUT2D eigenvalue weighted by Gasteiger charge is 2.50. The molecule has 14 heteroatoms. The Hall–Kier alpha value is -4.17. The van der Waals surface area contributed by atoms with Gasteiger partial charge in [0.05, 0.1) is 11.0 Å². The Morgan fingerprint density at radius 3 is 2.50 bits per heavy atom. The zero-order valence-electron chi connectivity index (χ0n) is 20.0. The minimum atomic E-state index is -5.08. The van der Waals surface area contributed by atoms with E-state index >= 15 is 0 Å². The number of hydrogen-bond donors (Lipinski definition) is 5. The third-order valence-electron chi connectivity index (χ3n) is 6.49. The van der Waals surface area contributed by atoms with E-state index in [4.69, 9.17) is 9.90 Å². The molecule has 0 bridgehead atoms. The van der Waals surface area contributed by atoms with Crippen LogP contribution < -0.4 is 10.2 Å². The number of aliphatic hydroxyl groups is 1. The second-order valence-corrected chi connectivity index (χ2v) is 8.93. The molecule has 5 rings (SSSR count). The number of benzene rings is 2. The molecule has 0 radical (unpaired) electrons. The van der Waals surface area contributed by atoms with E-state index in [2.05, 4.69) is 15.3 Å². The molecule has 38 heavy (non-hydrogen) atoms. The Labute approximate surface area is 213 Å². The average molecular weight is 535 g/mol. The average Bonchev–Trinajstić information content (AvgIpc) is 3.59. The Morgan fingerprint density at radius 2 is 1.89 bits per heavy atom. The molecule has 2 unspecified atom stereocenters. The molecule has 0 saturated carbocycles. The number of carboxylic acids is 1. The van der Waals surface area contributed by atoms with Crippen LogP contribution in [0.5, 0.6) is 0 Å². The summed E-state index contributed by atoms with van der Waals surface area (Å²) in [4.78, 5) is 43.3. The van der Waals surface area contributed by atoms with Gasteiger partial charge in [-0.15, -0.1) is 0 Å². The van der Waals surface area contributed by atoms with Gasteiger partial charge in [-0.3, -0.25) is 9.69 Å². The van der Waals surface area contributed by atoms with Gasteiger partial charge >= 0.3 is 18.2 Å². The van der Waals surface area contributed by atoms with Crippen LogP contribution in [-0.4, -0.2) is 81.0 Å². The topological polar surface area (TPSA) is 159 Å². The van der Waals surface area contributed by atoms with Gasteiger partial charge in [0.2, 0.25) is 5.95 Å². The van der Waals surface area contributed by atoms with Gasteiger partial charge in [0.15, 0.2) is 5.72 Å². The van der Waals surface area contributed by atoms with Crippen LogP contribution in [0, 0.1) is 5.92 Å². The predicted octanol–water partition coefficient (Wildman–Crippen LogP) is 2.57. The van der Waals surface area contributed by atoms with Gasteiger partial charge in [0.25, 0.3) is 5.91 Å². The monoisotopic (exact) mass is 535 g/mol. The van der Waals surface area contributed by atoms with Gasteiger partial charge in [-0.2, -0.15) is 13.2 Å². The second kappa shape index (κ2) is 9.95. The maximum Gasteiger partial charge on any atom is 0.490 e. The molecule has 5 N–H and O–H groups in total. The van der Waals surface area contributed by atoms with Gasteiger partial charge < -0.3 is 30.5 Å². The van der Waals surface area contributed by atoms with E-state index < -0.39 is 24.0 Å². The third-order valence-corrected chi connectivity index (χ3v) is 6.49. The van der Waals surface area contributed by atoms with Crippen molar-refractivity contribution in [1.29, 1.82) is 0 Å². The van der Waals surface area contributed by atoms with Crippen LogP contribution in [0.15, 0.2) is 42.5 Å². The van der Waals surface area contributed by atoms with E-state index in [1.807, 2.05) is 6.07 Å². The van der Waals surface area contributed by atoms with Crippen molar-refractivity contribution in [2.45, 2.75) is 18.3 Å². The zero-order valence-corrected chi connectivity index (χ0v) is 20.0. The number of nitrogens with one attached hydrogen (secondary N) is 2. The fourth-order valence-electron chi connectivity index (χ4n) is 4.53. The first-order valence-electron chi connectivity index (χ1n) is 11.5. The fraction of sp³-hybridized carbons (Fsp3) is 0.333. The number of aromatic amines is 1. The Bertz CT molecular complexity index is 1390. The molecule has 2 atom stereocenters. The van der Waals surface area contributed by atoms with E-state index in [0.29, 0.717) is 34.3 Å². The first-order valence-corrected chi connectivity index (χ1v) is 11.5. The largest absolute Gasteiger partial charge is 0.490 e. The number of nitrogens with zero attached hydrogens (tertiary/aromatic N) is 3. The van der Waals surface area contributed by atoms with Crippen molar-refractivity contribution in [1.82, 2.24) is 20.2 Å². The Kier molecular flexibility index (Phi) is 7.04. The molecular weight excluding hydrogens is 511 g/mol. The maximum absolute atomic E-state index is 13.3. The number of amides is 2. The number of alkyl halides is 3. The molecule has 2 aliphatic rings. The number of carbonyl (C=O) groups excluding carboxylic acids is 1. The van der Waals surface area contributed by atoms with Crippen LogP contribution in [-0.2, 0) is 10.5 Å². The van der Waals surface area contributed by atoms with Gasteiger partial charge in [0, 0.05) is 30.3 Å². The number of aromatic nitrogens is 2. The van der Waals surface area contributed by atoms with E-state index in [1.165, 1.54) is 7.05 Å². The molecule has 3 aromatic rings. The van der Waals surface area contributed by atoms with Crippen LogP contribution >= 0.6 is 0 Å². The number of carbonyl (C=O) groups is 3. The van der Waals surface area contributed by atoms with E-state index in [9.17, 15) is 33.0 Å². The molecular formula is C24H24F3N5O6. The first kappa shape index (κ1) is 26.9. The minimum absolute atomic E-state index is 0.184. The summed E-state index contributed by atoms with van der Waals surface area (Å²) in [5.74, 6) is -2.51. The number of rotatable bonds is 4. The molecule has 11 nitrogen and oxygen atoms in total. The van der Waals surface area contributed by atoms with Crippen molar-refractivity contribution in [2.75, 3.05) is 31.6 Å². The van der Waals surface area contributed by atoms with Crippen LogP contribution in [0.3, 0.4) is 0 Å². The fourth-order valence-corrected chi connectivity index (χ4v) is 4.53. The lowest BCUT2D eigenvalue weighted by molar-refractivity contribution is -0.192. The van der Waals surface area contributed by atoms with Gasteiger partial charge in [-0.1, -0.05) is 24.3 Å². The number of halogens is 3. The molecule has 1 aromatic heterocycles. The Balaban J connectivity index is 0.000000426. The second-order valence-electron chi connectivity index (χ2n) is 8.93. The van der Waals surface area contributed by atoms with Gasteiger partial charge in [-0.25, -0.2) is 14.6 Å². The SMILES string of the molecule is CN(C(=O)O)c1nc2ccc(C3(O)c4ccccc4C(=O)N3CC3CCNC3)cc2[nH]1.O=C(O)C(F)(F)F. The van der Waals surface area contributed by atoms with Crippen molar-refractivity contribution >= 4 is 35.0 Å². The van der Waals surface area contributed by atoms with Crippen LogP contribution in [0.4, 0.5) is 23.9 Å². The molecule has 202 valence electrons. The van der Waals surface area contributed by atoms with Crippen LogP contribution in [0.1, 0.15) is 27.9 Å². The lowest BCUT2D eigenvalue weighted by atomic mass is 9.93. The summed E-state index contributed by atoms with van der Waals surface area (Å²) in [6.07, 6.45) is -5.27. The Morgan fingerprint density at radius 1 is 1.21 bits per heavy atom. The predicted molar refractivity (Wildman–Crippen MR) is 128 cm³/mol. The van der Waals surface area contributed by atoms with Gasteiger partial charge in [-0.05, 0) is 43.6 Å². The van der Waals surface area contributed by atoms with Crippen molar-refractivity contribution < 1.29 is 42.9 Å². The summed E-state index contributed by atoms with van der Waals surface area (Å²) in [5, 5.41) is 31.7. The lowest BCUT2D eigenvalue weighted by Crippen LogP contribution is -2.47. The van der Waals surface area contributed by atoms with E-state index in [-0.39, 0.29) is 17.8 Å². The summed E-state index contributed by atoms with van der Waals surface area (Å²) >= 11 is 0.